The van der Waals surface area contributed by atoms with Crippen LogP contribution in [-0.2, 0) is 11.3 Å². The summed E-state index contributed by atoms with van der Waals surface area (Å²) in [5, 5.41) is 7.93. The number of nitrogens with one attached hydrogen (secondary N) is 2. The van der Waals surface area contributed by atoms with Crippen molar-refractivity contribution >= 4 is 47.4 Å². The van der Waals surface area contributed by atoms with E-state index in [0.29, 0.717) is 12.6 Å². The number of amides is 1. The second-order valence-electron chi connectivity index (χ2n) is 8.65. The lowest BCUT2D eigenvalue weighted by atomic mass is 9.98. The number of hydrogen-bond donors (Lipinski definition) is 2. The Morgan fingerprint density at radius 3 is 2.52 bits per heavy atom. The monoisotopic (exact) mass is 535 g/mol. The number of nitrogens with zero attached hydrogens (tertiary/aromatic N) is 3. The molecule has 0 radical (unpaired) electrons. The first-order valence-electron chi connectivity index (χ1n) is 10.2. The zero-order valence-electron chi connectivity index (χ0n) is 18.0. The summed E-state index contributed by atoms with van der Waals surface area (Å²) in [4.78, 5) is 24.9. The highest BCUT2D eigenvalue weighted by molar-refractivity contribution is 14.0. The molecule has 7 nitrogen and oxygen atoms in total. The number of aryl methyl sites for hydroxylation is 1. The normalized spacial score (nSPS) is 24.1. The largest absolute Gasteiger partial charge is 0.444 e. The molecule has 3 rings (SSSR count). The first-order valence-corrected chi connectivity index (χ1v) is 11.0. The van der Waals surface area contributed by atoms with E-state index in [2.05, 4.69) is 29.5 Å². The van der Waals surface area contributed by atoms with Crippen molar-refractivity contribution in [1.29, 1.82) is 0 Å². The number of rotatable bonds is 4. The summed E-state index contributed by atoms with van der Waals surface area (Å²) >= 11 is 1.68. The molecule has 2 bridgehead atoms. The molecule has 2 unspecified atom stereocenters. The number of piperidine rings is 1. The van der Waals surface area contributed by atoms with E-state index >= 15 is 0 Å². The predicted molar refractivity (Wildman–Crippen MR) is 128 cm³/mol. The summed E-state index contributed by atoms with van der Waals surface area (Å²) in [5.41, 5.74) is -0.454. The number of carbonyl (C=O) groups is 1. The summed E-state index contributed by atoms with van der Waals surface area (Å²) in [6, 6.07) is 0.804. The highest BCUT2D eigenvalue weighted by Gasteiger charge is 2.45. The van der Waals surface area contributed by atoms with Crippen molar-refractivity contribution in [1.82, 2.24) is 20.5 Å². The van der Waals surface area contributed by atoms with Gasteiger partial charge in [-0.15, -0.1) is 35.3 Å². The molecule has 0 aliphatic carbocycles. The topological polar surface area (TPSA) is 78.9 Å². The molecule has 3 heterocycles. The smallest absolute Gasteiger partial charge is 0.410 e. The Hall–Kier alpha value is -1.10. The van der Waals surface area contributed by atoms with Crippen molar-refractivity contribution in [2.75, 3.05) is 6.54 Å². The van der Waals surface area contributed by atoms with Crippen molar-refractivity contribution in [3.63, 3.8) is 0 Å². The lowest BCUT2D eigenvalue weighted by Gasteiger charge is -2.40. The molecular weight excluding hydrogens is 501 g/mol. The zero-order chi connectivity index (χ0) is 20.3. The number of ether oxygens (including phenoxy) is 1. The molecular formula is C20H34IN5O2S. The van der Waals surface area contributed by atoms with Crippen LogP contribution in [0, 0.1) is 6.92 Å². The lowest BCUT2D eigenvalue weighted by Crippen LogP contribution is -2.55. The third kappa shape index (κ3) is 6.70. The minimum atomic E-state index is -0.454. The first-order chi connectivity index (χ1) is 13.2. The molecule has 1 aromatic rings. The van der Waals surface area contributed by atoms with Gasteiger partial charge in [0.25, 0.3) is 0 Å². The summed E-state index contributed by atoms with van der Waals surface area (Å²) in [6.45, 7) is 11.3. The van der Waals surface area contributed by atoms with Gasteiger partial charge >= 0.3 is 6.09 Å². The van der Waals surface area contributed by atoms with Crippen LogP contribution >= 0.6 is 35.3 Å². The molecule has 164 valence electrons. The van der Waals surface area contributed by atoms with Crippen LogP contribution in [0.25, 0.3) is 0 Å². The maximum absolute atomic E-state index is 12.6. The molecule has 2 N–H and O–H groups in total. The molecule has 2 saturated heterocycles. The van der Waals surface area contributed by atoms with Crippen LogP contribution < -0.4 is 10.6 Å². The van der Waals surface area contributed by atoms with E-state index in [1.807, 2.05) is 31.9 Å². The van der Waals surface area contributed by atoms with Gasteiger partial charge in [0.1, 0.15) is 10.6 Å². The third-order valence-electron chi connectivity index (χ3n) is 5.06. The standard InChI is InChI=1S/C20H33N5O2S.HI/c1-6-21-18(23-12-17-22-11-13(2)28-17)24-14-9-15-7-8-16(10-14)25(15)19(26)27-20(3,4)5;/h11,14-16H,6-10,12H2,1-5H3,(H2,21,23,24);1H. The quantitative estimate of drug-likeness (QED) is 0.346. The SMILES string of the molecule is CCNC(=NCc1ncc(C)s1)NC1CC2CCC(C1)N2C(=O)OC(C)(C)C.I. The number of aromatic nitrogens is 1. The van der Waals surface area contributed by atoms with Gasteiger partial charge in [0.15, 0.2) is 5.96 Å². The first kappa shape index (κ1) is 24.2. The molecule has 29 heavy (non-hydrogen) atoms. The lowest BCUT2D eigenvalue weighted by molar-refractivity contribution is 0.00545. The fraction of sp³-hybridized carbons (Fsp3) is 0.750. The fourth-order valence-corrected chi connectivity index (χ4v) is 4.75. The molecule has 1 amide bonds. The number of halogens is 1. The number of guanidine groups is 1. The van der Waals surface area contributed by atoms with Gasteiger partial charge in [-0.25, -0.2) is 14.8 Å². The van der Waals surface area contributed by atoms with Crippen LogP contribution in [0.3, 0.4) is 0 Å². The van der Waals surface area contributed by atoms with E-state index < -0.39 is 5.60 Å². The Labute approximate surface area is 195 Å². The Kier molecular flexibility index (Phi) is 8.57. The zero-order valence-corrected chi connectivity index (χ0v) is 21.2. The second-order valence-corrected chi connectivity index (χ2v) is 9.96. The molecule has 2 aliphatic rings. The molecule has 2 atom stereocenters. The van der Waals surface area contributed by atoms with Gasteiger partial charge in [0, 0.05) is 35.7 Å². The van der Waals surface area contributed by atoms with Crippen LogP contribution in [-0.4, -0.2) is 52.2 Å². The van der Waals surface area contributed by atoms with Crippen molar-refractivity contribution in [2.45, 2.75) is 90.6 Å². The highest BCUT2D eigenvalue weighted by Crippen LogP contribution is 2.36. The van der Waals surface area contributed by atoms with E-state index in [4.69, 9.17) is 9.73 Å². The minimum absolute atomic E-state index is 0. The minimum Gasteiger partial charge on any atom is -0.444 e. The average Bonchev–Trinajstić information content (AvgIpc) is 3.12. The van der Waals surface area contributed by atoms with Crippen LogP contribution in [0.1, 0.15) is 63.3 Å². The van der Waals surface area contributed by atoms with Crippen LogP contribution in [0.4, 0.5) is 4.79 Å². The van der Waals surface area contributed by atoms with Crippen molar-refractivity contribution < 1.29 is 9.53 Å². The Morgan fingerprint density at radius 2 is 2.00 bits per heavy atom. The number of aliphatic imine (C=N–C) groups is 1. The number of hydrogen-bond acceptors (Lipinski definition) is 5. The van der Waals surface area contributed by atoms with Gasteiger partial charge in [-0.3, -0.25) is 0 Å². The average molecular weight is 535 g/mol. The molecule has 2 fully saturated rings. The van der Waals surface area contributed by atoms with E-state index in [9.17, 15) is 4.79 Å². The molecule has 0 spiro atoms. The van der Waals surface area contributed by atoms with Gasteiger partial charge in [-0.05, 0) is 60.3 Å². The van der Waals surface area contributed by atoms with Gasteiger partial charge < -0.3 is 20.3 Å². The van der Waals surface area contributed by atoms with Crippen molar-refractivity contribution in [2.24, 2.45) is 4.99 Å². The molecule has 2 aliphatic heterocycles. The van der Waals surface area contributed by atoms with E-state index in [0.717, 1.165) is 43.2 Å². The molecule has 1 aromatic heterocycles. The van der Waals surface area contributed by atoms with Crippen LogP contribution in [0.15, 0.2) is 11.2 Å². The van der Waals surface area contributed by atoms with E-state index in [-0.39, 0.29) is 42.2 Å². The summed E-state index contributed by atoms with van der Waals surface area (Å²) < 4.78 is 5.63. The van der Waals surface area contributed by atoms with Gasteiger partial charge in [0.05, 0.1) is 6.54 Å². The maximum Gasteiger partial charge on any atom is 0.410 e. The number of fused-ring (bicyclic) bond motifs is 2. The maximum atomic E-state index is 12.6. The Morgan fingerprint density at radius 1 is 1.34 bits per heavy atom. The molecule has 0 saturated carbocycles. The van der Waals surface area contributed by atoms with Crippen LogP contribution in [0.5, 0.6) is 0 Å². The predicted octanol–water partition coefficient (Wildman–Crippen LogP) is 4.06. The second kappa shape index (κ2) is 10.3. The van der Waals surface area contributed by atoms with E-state index in [1.54, 1.807) is 11.3 Å². The summed E-state index contributed by atoms with van der Waals surface area (Å²) in [6.07, 6.45) is 5.67. The van der Waals surface area contributed by atoms with E-state index in [1.165, 1.54) is 4.88 Å². The summed E-state index contributed by atoms with van der Waals surface area (Å²) in [7, 11) is 0. The number of carbonyl (C=O) groups excluding carboxylic acids is 1. The van der Waals surface area contributed by atoms with Crippen molar-refractivity contribution in [3.8, 4) is 0 Å². The molecule has 0 aromatic carbocycles. The Bertz CT molecular complexity index is 704. The fourth-order valence-electron chi connectivity index (χ4n) is 4.04. The van der Waals surface area contributed by atoms with Crippen molar-refractivity contribution in [3.05, 3.63) is 16.1 Å². The molecule has 9 heteroatoms. The third-order valence-corrected chi connectivity index (χ3v) is 5.96. The van der Waals surface area contributed by atoms with Gasteiger partial charge in [0.2, 0.25) is 0 Å². The highest BCUT2D eigenvalue weighted by atomic mass is 127. The summed E-state index contributed by atoms with van der Waals surface area (Å²) in [5.74, 6) is 0.825. The van der Waals surface area contributed by atoms with Gasteiger partial charge in [-0.2, -0.15) is 0 Å². The van der Waals surface area contributed by atoms with Crippen LogP contribution in [0.2, 0.25) is 0 Å². The van der Waals surface area contributed by atoms with Gasteiger partial charge in [-0.1, -0.05) is 0 Å². The Balaban J connectivity index is 0.00000300. The number of thiazole rings is 1.